The maximum atomic E-state index is 13.2. The van der Waals surface area contributed by atoms with Gasteiger partial charge in [0.05, 0.1) is 11.1 Å². The lowest BCUT2D eigenvalue weighted by atomic mass is 9.92. The summed E-state index contributed by atoms with van der Waals surface area (Å²) in [4.78, 5) is 30.0. The van der Waals surface area contributed by atoms with Crippen LogP contribution in [0.25, 0.3) is 10.8 Å². The van der Waals surface area contributed by atoms with E-state index in [9.17, 15) is 35.9 Å². The van der Waals surface area contributed by atoms with Crippen LogP contribution in [-0.4, -0.2) is 28.6 Å². The average Bonchev–Trinajstić information content (AvgIpc) is 2.82. The summed E-state index contributed by atoms with van der Waals surface area (Å²) in [5, 5.41) is 4.26. The van der Waals surface area contributed by atoms with E-state index in [0.717, 1.165) is 15.7 Å². The first-order valence-corrected chi connectivity index (χ1v) is 10.7. The Bertz CT molecular complexity index is 1270. The number of carbonyl (C=O) groups excluding carboxylic acids is 2. The van der Waals surface area contributed by atoms with Crippen LogP contribution in [0.2, 0.25) is 0 Å². The summed E-state index contributed by atoms with van der Waals surface area (Å²) in [6.45, 7) is 1.21. The third-order valence-corrected chi connectivity index (χ3v) is 5.80. The molecular formula is C24H19F6N3O3. The Balaban J connectivity index is 1.51. The maximum absolute atomic E-state index is 13.2. The van der Waals surface area contributed by atoms with E-state index in [2.05, 4.69) is 10.3 Å². The molecule has 1 aliphatic rings. The fourth-order valence-corrected chi connectivity index (χ4v) is 4.04. The molecule has 2 unspecified atom stereocenters. The molecule has 1 aromatic heterocycles. The molecule has 1 N–H and O–H groups in total. The number of rotatable bonds is 3. The van der Waals surface area contributed by atoms with E-state index >= 15 is 0 Å². The molecule has 3 amide bonds. The topological polar surface area (TPSA) is 71.5 Å². The van der Waals surface area contributed by atoms with Gasteiger partial charge in [-0.25, -0.2) is 14.5 Å². The molecule has 0 radical (unpaired) electrons. The molecule has 12 heteroatoms. The summed E-state index contributed by atoms with van der Waals surface area (Å²) >= 11 is 0. The Kier molecular flexibility index (Phi) is 6.54. The van der Waals surface area contributed by atoms with Crippen LogP contribution in [0.4, 0.5) is 35.9 Å². The molecule has 2 heterocycles. The minimum atomic E-state index is -5.04. The van der Waals surface area contributed by atoms with Crippen molar-refractivity contribution in [3.63, 3.8) is 0 Å². The number of amides is 3. The largest absolute Gasteiger partial charge is 0.441 e. The van der Waals surface area contributed by atoms with Gasteiger partial charge in [0.2, 0.25) is 0 Å². The van der Waals surface area contributed by atoms with Crippen molar-refractivity contribution < 1.29 is 40.7 Å². The highest BCUT2D eigenvalue weighted by atomic mass is 19.4. The second kappa shape index (κ2) is 9.32. The normalized spacial score (nSPS) is 18.8. The van der Waals surface area contributed by atoms with Crippen molar-refractivity contribution in [2.75, 3.05) is 6.54 Å². The second-order valence-corrected chi connectivity index (χ2v) is 8.41. The summed E-state index contributed by atoms with van der Waals surface area (Å²) in [5.41, 5.74) is -2.81. The number of nitrogens with one attached hydrogen (secondary N) is 1. The van der Waals surface area contributed by atoms with Crippen LogP contribution in [0, 0.1) is 5.92 Å². The van der Waals surface area contributed by atoms with Crippen molar-refractivity contribution in [1.29, 1.82) is 0 Å². The SMILES string of the molecule is CC1CN(C(=O)NCc2cncc3ccccc23)C(=O)OC1c1cc(C(F)(F)F)cc(C(F)(F)F)c1. The lowest BCUT2D eigenvalue weighted by Crippen LogP contribution is -2.50. The van der Waals surface area contributed by atoms with E-state index in [0.29, 0.717) is 17.7 Å². The van der Waals surface area contributed by atoms with E-state index in [1.54, 1.807) is 12.4 Å². The molecule has 0 aliphatic carbocycles. The fourth-order valence-electron chi connectivity index (χ4n) is 4.04. The number of carbonyl (C=O) groups is 2. The smallest absolute Gasteiger partial charge is 0.418 e. The van der Waals surface area contributed by atoms with E-state index in [-0.39, 0.29) is 19.2 Å². The van der Waals surface area contributed by atoms with Gasteiger partial charge < -0.3 is 10.1 Å². The summed E-state index contributed by atoms with van der Waals surface area (Å²) in [7, 11) is 0. The van der Waals surface area contributed by atoms with Gasteiger partial charge in [0.15, 0.2) is 0 Å². The molecule has 4 rings (SSSR count). The van der Waals surface area contributed by atoms with Crippen molar-refractivity contribution in [3.8, 4) is 0 Å². The van der Waals surface area contributed by atoms with Crippen LogP contribution in [0.15, 0.2) is 54.9 Å². The number of aromatic nitrogens is 1. The summed E-state index contributed by atoms with van der Waals surface area (Å²) < 4.78 is 84.5. The van der Waals surface area contributed by atoms with Crippen LogP contribution in [0.5, 0.6) is 0 Å². The lowest BCUT2D eigenvalue weighted by Gasteiger charge is -2.35. The van der Waals surface area contributed by atoms with Gasteiger partial charge in [-0.3, -0.25) is 4.98 Å². The number of hydrogen-bond acceptors (Lipinski definition) is 4. The first kappa shape index (κ1) is 25.3. The molecule has 0 bridgehead atoms. The Hall–Kier alpha value is -3.83. The predicted molar refractivity (Wildman–Crippen MR) is 116 cm³/mol. The number of hydrogen-bond donors (Lipinski definition) is 1. The molecule has 2 atom stereocenters. The highest BCUT2D eigenvalue weighted by Gasteiger charge is 2.41. The fraction of sp³-hybridized carbons (Fsp3) is 0.292. The number of halogens is 6. The minimum absolute atomic E-state index is 0.000700. The van der Waals surface area contributed by atoms with Gasteiger partial charge in [-0.05, 0) is 34.7 Å². The van der Waals surface area contributed by atoms with Crippen LogP contribution >= 0.6 is 0 Å². The van der Waals surface area contributed by atoms with Crippen LogP contribution < -0.4 is 5.32 Å². The average molecular weight is 511 g/mol. The molecule has 190 valence electrons. The quantitative estimate of drug-likeness (QED) is 0.419. The first-order chi connectivity index (χ1) is 16.8. The van der Waals surface area contributed by atoms with Crippen molar-refractivity contribution in [1.82, 2.24) is 15.2 Å². The van der Waals surface area contributed by atoms with Crippen molar-refractivity contribution >= 4 is 22.9 Å². The molecule has 0 spiro atoms. The van der Waals surface area contributed by atoms with E-state index < -0.39 is 53.2 Å². The molecule has 1 saturated heterocycles. The number of urea groups is 1. The lowest BCUT2D eigenvalue weighted by molar-refractivity contribution is -0.143. The monoisotopic (exact) mass is 511 g/mol. The highest BCUT2D eigenvalue weighted by Crippen LogP contribution is 2.40. The number of ether oxygens (including phenoxy) is 1. The summed E-state index contributed by atoms with van der Waals surface area (Å²) in [5.74, 6) is -0.794. The van der Waals surface area contributed by atoms with Crippen LogP contribution in [0.3, 0.4) is 0 Å². The molecular weight excluding hydrogens is 492 g/mol. The first-order valence-electron chi connectivity index (χ1n) is 10.7. The van der Waals surface area contributed by atoms with E-state index in [4.69, 9.17) is 4.74 Å². The Morgan fingerprint density at radius 2 is 1.69 bits per heavy atom. The molecule has 2 aromatic carbocycles. The number of fused-ring (bicyclic) bond motifs is 1. The third kappa shape index (κ3) is 5.21. The Morgan fingerprint density at radius 1 is 1.06 bits per heavy atom. The molecule has 1 fully saturated rings. The van der Waals surface area contributed by atoms with Crippen molar-refractivity contribution in [2.45, 2.75) is 31.9 Å². The van der Waals surface area contributed by atoms with Crippen LogP contribution in [-0.2, 0) is 23.6 Å². The summed E-state index contributed by atoms with van der Waals surface area (Å²) in [6.07, 6.45) is -9.46. The Labute approximate surface area is 200 Å². The molecule has 1 aliphatic heterocycles. The number of pyridine rings is 1. The minimum Gasteiger partial charge on any atom is -0.441 e. The predicted octanol–water partition coefficient (Wildman–Crippen LogP) is 6.31. The van der Waals surface area contributed by atoms with Gasteiger partial charge in [-0.2, -0.15) is 26.3 Å². The third-order valence-electron chi connectivity index (χ3n) is 5.80. The van der Waals surface area contributed by atoms with Crippen LogP contribution in [0.1, 0.15) is 35.3 Å². The zero-order valence-corrected chi connectivity index (χ0v) is 18.7. The van der Waals surface area contributed by atoms with Gasteiger partial charge in [-0.1, -0.05) is 31.2 Å². The second-order valence-electron chi connectivity index (χ2n) is 8.41. The number of cyclic esters (lactones) is 1. The van der Waals surface area contributed by atoms with Crippen molar-refractivity contribution in [3.05, 3.63) is 77.1 Å². The number of imide groups is 1. The van der Waals surface area contributed by atoms with Gasteiger partial charge in [-0.15, -0.1) is 0 Å². The van der Waals surface area contributed by atoms with Gasteiger partial charge >= 0.3 is 24.5 Å². The van der Waals surface area contributed by atoms with E-state index in [1.807, 2.05) is 24.3 Å². The zero-order chi connectivity index (χ0) is 26.3. The molecule has 6 nitrogen and oxygen atoms in total. The number of alkyl halides is 6. The molecule has 36 heavy (non-hydrogen) atoms. The van der Waals surface area contributed by atoms with Gasteiger partial charge in [0, 0.05) is 36.8 Å². The van der Waals surface area contributed by atoms with Crippen molar-refractivity contribution in [2.24, 2.45) is 5.92 Å². The Morgan fingerprint density at radius 3 is 2.33 bits per heavy atom. The van der Waals surface area contributed by atoms with E-state index in [1.165, 1.54) is 6.92 Å². The van der Waals surface area contributed by atoms with Gasteiger partial charge in [0.25, 0.3) is 0 Å². The summed E-state index contributed by atoms with van der Waals surface area (Å²) in [6, 6.07) is 7.55. The van der Waals surface area contributed by atoms with Gasteiger partial charge in [0.1, 0.15) is 6.10 Å². The number of benzene rings is 2. The molecule has 0 saturated carbocycles. The molecule has 3 aromatic rings. The standard InChI is InChI=1S/C24H19F6N3O3/c1-13-12-33(21(34)32-11-16-10-31-9-14-4-2-3-5-19(14)16)22(35)36-20(13)15-6-17(23(25,26)27)8-18(7-15)24(28,29)30/h2-10,13,20H,11-12H2,1H3,(H,32,34). The maximum Gasteiger partial charge on any atom is 0.418 e. The highest BCUT2D eigenvalue weighted by molar-refractivity contribution is 5.92. The number of nitrogens with zero attached hydrogens (tertiary/aromatic N) is 2. The zero-order valence-electron chi connectivity index (χ0n) is 18.7.